The third kappa shape index (κ3) is 2.47. The van der Waals surface area contributed by atoms with E-state index < -0.39 is 37.0 Å². The average molecular weight is 334 g/mol. The van der Waals surface area contributed by atoms with Crippen LogP contribution in [0.2, 0.25) is 0 Å². The van der Waals surface area contributed by atoms with Gasteiger partial charge in [0.2, 0.25) is 0 Å². The molecule has 1 unspecified atom stereocenters. The average Bonchev–Trinajstić information content (AvgIpc) is 2.39. The van der Waals surface area contributed by atoms with Crippen molar-refractivity contribution in [2.45, 2.75) is 24.4 Å². The van der Waals surface area contributed by atoms with E-state index in [0.717, 1.165) is 10.6 Å². The van der Waals surface area contributed by atoms with Gasteiger partial charge in [0, 0.05) is 25.8 Å². The second kappa shape index (κ2) is 5.41. The lowest BCUT2D eigenvalue weighted by Crippen LogP contribution is -2.64. The molecule has 3 heterocycles. The number of hydrogen-bond acceptors (Lipinski definition) is 7. The van der Waals surface area contributed by atoms with E-state index in [1.54, 1.807) is 0 Å². The summed E-state index contributed by atoms with van der Waals surface area (Å²) in [6, 6.07) is 1.16. The van der Waals surface area contributed by atoms with E-state index in [0.29, 0.717) is 13.0 Å². The summed E-state index contributed by atoms with van der Waals surface area (Å²) in [5.74, 6) is 0. The third-order valence-electron chi connectivity index (χ3n) is 3.78. The smallest absolute Gasteiger partial charge is 0.376 e. The standard InChI is InChI=1S/C11H15N2O8P/c1-18-7-6-20-22(16,17)21-9(7)11(3-5-19-11)13-4-2-8(14)12-10(13)15/h2,4,7,9H,3,5-6H2,1H3,(H,16,17)(H,12,14,15)/t7-,9-,11-/m1/s1. The SMILES string of the molecule is CO[C@@H]1COP(=O)(O)O[C@H]1[C@@]1(n2ccc(=O)[nH]c2=O)CCO1. The van der Waals surface area contributed by atoms with E-state index in [1.165, 1.54) is 13.3 Å². The summed E-state index contributed by atoms with van der Waals surface area (Å²) in [6.45, 7) is 0.149. The normalized spacial score (nSPS) is 38.5. The quantitative estimate of drug-likeness (QED) is 0.683. The van der Waals surface area contributed by atoms with E-state index >= 15 is 0 Å². The molecule has 2 aliphatic rings. The first kappa shape index (κ1) is 15.6. The molecule has 0 saturated carbocycles. The molecule has 1 aromatic heterocycles. The van der Waals surface area contributed by atoms with E-state index in [-0.39, 0.29) is 6.61 Å². The Labute approximate surface area is 124 Å². The van der Waals surface area contributed by atoms with Crippen LogP contribution in [-0.2, 0) is 28.8 Å². The fourth-order valence-electron chi connectivity index (χ4n) is 2.64. The highest BCUT2D eigenvalue weighted by molar-refractivity contribution is 7.47. The molecule has 3 rings (SSSR count). The largest absolute Gasteiger partial charge is 0.472 e. The van der Waals surface area contributed by atoms with Crippen molar-refractivity contribution in [3.63, 3.8) is 0 Å². The van der Waals surface area contributed by atoms with Gasteiger partial charge in [0.15, 0.2) is 5.72 Å². The summed E-state index contributed by atoms with van der Waals surface area (Å²) in [5.41, 5.74) is -2.59. The molecule has 2 saturated heterocycles. The predicted octanol–water partition coefficient (Wildman–Crippen LogP) is -0.860. The first-order valence-electron chi connectivity index (χ1n) is 6.53. The molecule has 10 nitrogen and oxygen atoms in total. The minimum Gasteiger partial charge on any atom is -0.376 e. The Kier molecular flexibility index (Phi) is 3.84. The van der Waals surface area contributed by atoms with Gasteiger partial charge < -0.3 is 14.4 Å². The molecular weight excluding hydrogens is 319 g/mol. The molecule has 0 bridgehead atoms. The Bertz CT molecular complexity index is 723. The van der Waals surface area contributed by atoms with Crippen molar-refractivity contribution in [3.05, 3.63) is 33.1 Å². The van der Waals surface area contributed by atoms with Gasteiger partial charge in [-0.1, -0.05) is 0 Å². The second-order valence-corrected chi connectivity index (χ2v) is 6.39. The lowest BCUT2D eigenvalue weighted by atomic mass is 9.93. The molecule has 2 fully saturated rings. The minimum atomic E-state index is -4.26. The number of ether oxygens (including phenoxy) is 2. The van der Waals surface area contributed by atoms with E-state index in [1.807, 2.05) is 0 Å². The van der Waals surface area contributed by atoms with Crippen LogP contribution < -0.4 is 11.2 Å². The zero-order valence-corrected chi connectivity index (χ0v) is 12.5. The van der Waals surface area contributed by atoms with Gasteiger partial charge >= 0.3 is 13.5 Å². The highest BCUT2D eigenvalue weighted by Crippen LogP contribution is 2.53. The van der Waals surface area contributed by atoms with Crippen LogP contribution >= 0.6 is 7.82 Å². The van der Waals surface area contributed by atoms with Gasteiger partial charge in [-0.15, -0.1) is 0 Å². The lowest BCUT2D eigenvalue weighted by molar-refractivity contribution is -0.285. The van der Waals surface area contributed by atoms with Gasteiger partial charge in [-0.25, -0.2) is 9.36 Å². The number of phosphoric ester groups is 1. The monoisotopic (exact) mass is 334 g/mol. The number of H-pyrrole nitrogens is 1. The summed E-state index contributed by atoms with van der Waals surface area (Å²) >= 11 is 0. The van der Waals surface area contributed by atoms with Crippen molar-refractivity contribution in [1.29, 1.82) is 0 Å². The molecule has 1 aromatic rings. The number of aromatic amines is 1. The van der Waals surface area contributed by atoms with Gasteiger partial charge in [0.05, 0.1) is 13.2 Å². The summed E-state index contributed by atoms with van der Waals surface area (Å²) in [7, 11) is -2.87. The number of hydrogen-bond donors (Lipinski definition) is 2. The first-order chi connectivity index (χ1) is 10.4. The van der Waals surface area contributed by atoms with Crippen molar-refractivity contribution < 1.29 is 28.0 Å². The van der Waals surface area contributed by atoms with Gasteiger partial charge in [0.1, 0.15) is 12.2 Å². The van der Waals surface area contributed by atoms with Gasteiger partial charge in [-0.05, 0) is 0 Å². The molecule has 2 N–H and O–H groups in total. The third-order valence-corrected chi connectivity index (χ3v) is 4.75. The molecular formula is C11H15N2O8P. The van der Waals surface area contributed by atoms with Crippen LogP contribution in [-0.4, -0.2) is 47.0 Å². The second-order valence-electron chi connectivity index (χ2n) is 4.99. The molecule has 0 amide bonds. The van der Waals surface area contributed by atoms with Crippen molar-refractivity contribution in [2.24, 2.45) is 0 Å². The number of phosphoric acid groups is 1. The number of nitrogens with zero attached hydrogens (tertiary/aromatic N) is 1. The Morgan fingerprint density at radius 2 is 2.27 bits per heavy atom. The van der Waals surface area contributed by atoms with E-state index in [2.05, 4.69) is 4.98 Å². The van der Waals surface area contributed by atoms with Crippen LogP contribution in [0.15, 0.2) is 21.9 Å². The fraction of sp³-hybridized carbons (Fsp3) is 0.636. The van der Waals surface area contributed by atoms with Crippen molar-refractivity contribution in [2.75, 3.05) is 20.3 Å². The van der Waals surface area contributed by atoms with Gasteiger partial charge in [0.25, 0.3) is 5.56 Å². The first-order valence-corrected chi connectivity index (χ1v) is 8.02. The predicted molar refractivity (Wildman–Crippen MR) is 71.3 cm³/mol. The Morgan fingerprint density at radius 1 is 1.55 bits per heavy atom. The summed E-state index contributed by atoms with van der Waals surface area (Å²) < 4.78 is 33.4. The van der Waals surface area contributed by atoms with Crippen molar-refractivity contribution >= 4 is 7.82 Å². The van der Waals surface area contributed by atoms with Crippen LogP contribution in [0.3, 0.4) is 0 Å². The van der Waals surface area contributed by atoms with Crippen LogP contribution in [0.25, 0.3) is 0 Å². The highest BCUT2D eigenvalue weighted by atomic mass is 31.2. The Morgan fingerprint density at radius 3 is 2.82 bits per heavy atom. The zero-order chi connectivity index (χ0) is 16.0. The number of nitrogens with one attached hydrogen (secondary N) is 1. The molecule has 11 heteroatoms. The minimum absolute atomic E-state index is 0.182. The highest BCUT2D eigenvalue weighted by Gasteiger charge is 2.57. The van der Waals surface area contributed by atoms with Crippen molar-refractivity contribution in [1.82, 2.24) is 9.55 Å². The van der Waals surface area contributed by atoms with Crippen molar-refractivity contribution in [3.8, 4) is 0 Å². The lowest BCUT2D eigenvalue weighted by Gasteiger charge is -2.50. The van der Waals surface area contributed by atoms with E-state index in [4.69, 9.17) is 18.5 Å². The molecule has 0 aromatic carbocycles. The fourth-order valence-corrected chi connectivity index (χ4v) is 3.62. The Hall–Kier alpha value is -1.29. The maximum atomic E-state index is 12.0. The number of methoxy groups -OCH3 is 1. The molecule has 4 atom stereocenters. The number of rotatable bonds is 3. The molecule has 0 aliphatic carbocycles. The van der Waals surface area contributed by atoms with Crippen LogP contribution in [0.4, 0.5) is 0 Å². The molecule has 0 spiro atoms. The maximum Gasteiger partial charge on any atom is 0.472 e. The van der Waals surface area contributed by atoms with Crippen LogP contribution in [0.5, 0.6) is 0 Å². The summed E-state index contributed by atoms with van der Waals surface area (Å²) in [6.07, 6.45) is -0.148. The van der Waals surface area contributed by atoms with E-state index in [9.17, 15) is 19.0 Å². The zero-order valence-electron chi connectivity index (χ0n) is 11.6. The molecule has 22 heavy (non-hydrogen) atoms. The maximum absolute atomic E-state index is 12.0. The Balaban J connectivity index is 2.06. The number of aromatic nitrogens is 2. The summed E-state index contributed by atoms with van der Waals surface area (Å²) in [5, 5.41) is 0. The topological polar surface area (TPSA) is 129 Å². The van der Waals surface area contributed by atoms with Gasteiger partial charge in [-0.3, -0.25) is 23.4 Å². The van der Waals surface area contributed by atoms with Crippen LogP contribution in [0.1, 0.15) is 6.42 Å². The molecule has 0 radical (unpaired) electrons. The van der Waals surface area contributed by atoms with Crippen LogP contribution in [0, 0.1) is 0 Å². The molecule has 2 aliphatic heterocycles. The van der Waals surface area contributed by atoms with Gasteiger partial charge in [-0.2, -0.15) is 0 Å². The summed E-state index contributed by atoms with van der Waals surface area (Å²) in [4.78, 5) is 34.9. The molecule has 122 valence electrons.